The molecule has 2 heterocycles. The largest absolute Gasteiger partial charge is 0.472 e. The Balaban J connectivity index is 1.84. The molecule has 4 nitrogen and oxygen atoms in total. The van der Waals surface area contributed by atoms with Crippen molar-refractivity contribution in [2.24, 2.45) is 0 Å². The van der Waals surface area contributed by atoms with Crippen LogP contribution in [0.3, 0.4) is 0 Å². The summed E-state index contributed by atoms with van der Waals surface area (Å²) in [5.74, 6) is 0.0685. The summed E-state index contributed by atoms with van der Waals surface area (Å²) in [6.45, 7) is 0.796. The molecule has 4 heteroatoms. The third-order valence-electron chi connectivity index (χ3n) is 4.49. The quantitative estimate of drug-likeness (QED) is 0.871. The number of likely N-dealkylation sites (tertiary alicyclic amines) is 1. The second-order valence-electron chi connectivity index (χ2n) is 6.09. The third kappa shape index (κ3) is 2.92. The van der Waals surface area contributed by atoms with Crippen molar-refractivity contribution in [1.82, 2.24) is 9.80 Å². The molecule has 2 aromatic rings. The average molecular weight is 298 g/mol. The van der Waals surface area contributed by atoms with Crippen molar-refractivity contribution in [2.45, 2.75) is 24.9 Å². The number of rotatable bonds is 4. The maximum atomic E-state index is 12.7. The molecule has 1 aliphatic heterocycles. The van der Waals surface area contributed by atoms with Crippen molar-refractivity contribution in [2.75, 3.05) is 20.6 Å². The molecule has 0 aliphatic carbocycles. The van der Waals surface area contributed by atoms with Crippen LogP contribution in [-0.4, -0.2) is 48.4 Å². The molecule has 0 spiro atoms. The highest BCUT2D eigenvalue weighted by atomic mass is 16.3. The van der Waals surface area contributed by atoms with Gasteiger partial charge in [0.15, 0.2) is 0 Å². The summed E-state index contributed by atoms with van der Waals surface area (Å²) >= 11 is 0. The third-order valence-corrected chi connectivity index (χ3v) is 4.49. The molecule has 3 rings (SSSR count). The molecule has 1 fully saturated rings. The molecule has 0 radical (unpaired) electrons. The first-order chi connectivity index (χ1) is 10.7. The number of furan rings is 1. The summed E-state index contributed by atoms with van der Waals surface area (Å²) in [7, 11) is 4.18. The van der Waals surface area contributed by atoms with Gasteiger partial charge in [-0.05, 0) is 38.6 Å². The number of hydrogen-bond donors (Lipinski definition) is 0. The van der Waals surface area contributed by atoms with Crippen LogP contribution in [0.1, 0.15) is 22.3 Å². The molecule has 2 atom stereocenters. The van der Waals surface area contributed by atoms with Gasteiger partial charge < -0.3 is 14.2 Å². The molecule has 1 saturated heterocycles. The molecule has 1 amide bonds. The van der Waals surface area contributed by atoms with Crippen molar-refractivity contribution < 1.29 is 9.21 Å². The average Bonchev–Trinajstić information content (AvgIpc) is 3.17. The highest BCUT2D eigenvalue weighted by Crippen LogP contribution is 2.26. The molecule has 1 aromatic carbocycles. The van der Waals surface area contributed by atoms with Crippen molar-refractivity contribution in [3.8, 4) is 0 Å². The standard InChI is InChI=1S/C18H22N2O2/c1-19(2)16-8-10-20(18(21)15-9-11-22-13-15)17(16)12-14-6-4-3-5-7-14/h3-7,9,11,13,16-17H,8,10,12H2,1-2H3/t16-,17+/m1/s1. The maximum absolute atomic E-state index is 12.7. The number of benzene rings is 1. The van der Waals surface area contributed by atoms with Gasteiger partial charge in [0.25, 0.3) is 5.91 Å². The second kappa shape index (κ2) is 6.36. The lowest BCUT2D eigenvalue weighted by molar-refractivity contribution is 0.0704. The van der Waals surface area contributed by atoms with E-state index in [0.717, 1.165) is 19.4 Å². The van der Waals surface area contributed by atoms with Crippen LogP contribution in [0.15, 0.2) is 53.3 Å². The summed E-state index contributed by atoms with van der Waals surface area (Å²) in [4.78, 5) is 17.0. The fourth-order valence-corrected chi connectivity index (χ4v) is 3.35. The summed E-state index contributed by atoms with van der Waals surface area (Å²) < 4.78 is 5.07. The van der Waals surface area contributed by atoms with E-state index >= 15 is 0 Å². The monoisotopic (exact) mass is 298 g/mol. The Kier molecular flexibility index (Phi) is 4.29. The Morgan fingerprint density at radius 2 is 2.05 bits per heavy atom. The van der Waals surface area contributed by atoms with E-state index in [9.17, 15) is 4.79 Å². The molecule has 0 N–H and O–H groups in total. The first-order valence-corrected chi connectivity index (χ1v) is 7.70. The van der Waals surface area contributed by atoms with Gasteiger partial charge in [-0.25, -0.2) is 0 Å². The molecule has 116 valence electrons. The Hall–Kier alpha value is -2.07. The molecule has 1 aromatic heterocycles. The highest BCUT2D eigenvalue weighted by molar-refractivity contribution is 5.94. The number of carbonyl (C=O) groups is 1. The zero-order valence-electron chi connectivity index (χ0n) is 13.1. The van der Waals surface area contributed by atoms with Gasteiger partial charge in [-0.15, -0.1) is 0 Å². The highest BCUT2D eigenvalue weighted by Gasteiger charge is 2.38. The van der Waals surface area contributed by atoms with Crippen LogP contribution in [0.5, 0.6) is 0 Å². The molecule has 1 aliphatic rings. The fraction of sp³-hybridized carbons (Fsp3) is 0.389. The van der Waals surface area contributed by atoms with Crippen molar-refractivity contribution >= 4 is 5.91 Å². The summed E-state index contributed by atoms with van der Waals surface area (Å²) in [5, 5.41) is 0. The van der Waals surface area contributed by atoms with Gasteiger partial charge in [0.2, 0.25) is 0 Å². The first-order valence-electron chi connectivity index (χ1n) is 7.70. The van der Waals surface area contributed by atoms with E-state index in [1.807, 2.05) is 11.0 Å². The minimum absolute atomic E-state index is 0.0685. The van der Waals surface area contributed by atoms with Gasteiger partial charge in [0, 0.05) is 12.6 Å². The first kappa shape index (κ1) is 14.9. The molecule has 22 heavy (non-hydrogen) atoms. The summed E-state index contributed by atoms with van der Waals surface area (Å²) in [5.41, 5.74) is 1.91. The Morgan fingerprint density at radius 1 is 1.27 bits per heavy atom. The van der Waals surface area contributed by atoms with Crippen LogP contribution in [0, 0.1) is 0 Å². The fourth-order valence-electron chi connectivity index (χ4n) is 3.35. The number of likely N-dealkylation sites (N-methyl/N-ethyl adjacent to an activating group) is 1. The van der Waals surface area contributed by atoms with Crippen LogP contribution in [0.4, 0.5) is 0 Å². The normalized spacial score (nSPS) is 21.5. The van der Waals surface area contributed by atoms with Gasteiger partial charge >= 0.3 is 0 Å². The van der Waals surface area contributed by atoms with E-state index in [4.69, 9.17) is 4.42 Å². The Bertz CT molecular complexity index is 607. The molecular formula is C18H22N2O2. The summed E-state index contributed by atoms with van der Waals surface area (Å²) in [6.07, 6.45) is 4.98. The van der Waals surface area contributed by atoms with E-state index < -0.39 is 0 Å². The maximum Gasteiger partial charge on any atom is 0.257 e. The lowest BCUT2D eigenvalue weighted by Crippen LogP contribution is -2.45. The van der Waals surface area contributed by atoms with Crippen LogP contribution >= 0.6 is 0 Å². The van der Waals surface area contributed by atoms with Crippen molar-refractivity contribution in [3.63, 3.8) is 0 Å². The van der Waals surface area contributed by atoms with Gasteiger partial charge in [-0.3, -0.25) is 4.79 Å². The Labute approximate surface area is 131 Å². The predicted molar refractivity (Wildman–Crippen MR) is 85.8 cm³/mol. The van der Waals surface area contributed by atoms with E-state index in [1.54, 1.807) is 12.3 Å². The number of amides is 1. The predicted octanol–water partition coefficient (Wildman–Crippen LogP) is 2.67. The van der Waals surface area contributed by atoms with Gasteiger partial charge in [-0.2, -0.15) is 0 Å². The topological polar surface area (TPSA) is 36.7 Å². The van der Waals surface area contributed by atoms with E-state index in [-0.39, 0.29) is 11.9 Å². The lowest BCUT2D eigenvalue weighted by atomic mass is 9.99. The van der Waals surface area contributed by atoms with Crippen LogP contribution in [0.2, 0.25) is 0 Å². The molecule has 0 saturated carbocycles. The lowest BCUT2D eigenvalue weighted by Gasteiger charge is -2.31. The van der Waals surface area contributed by atoms with Gasteiger partial charge in [-0.1, -0.05) is 30.3 Å². The smallest absolute Gasteiger partial charge is 0.257 e. The van der Waals surface area contributed by atoms with Crippen LogP contribution in [0.25, 0.3) is 0 Å². The molecular weight excluding hydrogens is 276 g/mol. The Morgan fingerprint density at radius 3 is 2.68 bits per heavy atom. The SMILES string of the molecule is CN(C)[C@@H]1CCN(C(=O)c2ccoc2)[C@H]1Cc1ccccc1. The zero-order valence-corrected chi connectivity index (χ0v) is 13.1. The van der Waals surface area contributed by atoms with Crippen LogP contribution in [-0.2, 0) is 6.42 Å². The van der Waals surface area contributed by atoms with E-state index in [0.29, 0.717) is 11.6 Å². The van der Waals surface area contributed by atoms with Gasteiger partial charge in [0.05, 0.1) is 17.9 Å². The molecule has 0 bridgehead atoms. The minimum atomic E-state index is 0.0685. The summed E-state index contributed by atoms with van der Waals surface area (Å²) in [6, 6.07) is 12.7. The minimum Gasteiger partial charge on any atom is -0.472 e. The number of hydrogen-bond acceptors (Lipinski definition) is 3. The van der Waals surface area contributed by atoms with E-state index in [2.05, 4.69) is 43.3 Å². The van der Waals surface area contributed by atoms with Crippen molar-refractivity contribution in [3.05, 3.63) is 60.1 Å². The number of carbonyl (C=O) groups excluding carboxylic acids is 1. The van der Waals surface area contributed by atoms with Crippen LogP contribution < -0.4 is 0 Å². The zero-order chi connectivity index (χ0) is 15.5. The number of nitrogens with zero attached hydrogens (tertiary/aromatic N) is 2. The van der Waals surface area contributed by atoms with Crippen molar-refractivity contribution in [1.29, 1.82) is 0 Å². The molecule has 0 unspecified atom stereocenters. The van der Waals surface area contributed by atoms with E-state index in [1.165, 1.54) is 11.8 Å². The van der Waals surface area contributed by atoms with Gasteiger partial charge in [0.1, 0.15) is 6.26 Å². The second-order valence-corrected chi connectivity index (χ2v) is 6.09.